The van der Waals surface area contributed by atoms with E-state index in [1.54, 1.807) is 31.2 Å². The highest BCUT2D eigenvalue weighted by Crippen LogP contribution is 2.35. The average Bonchev–Trinajstić information content (AvgIpc) is 2.53. The first-order chi connectivity index (χ1) is 11.2. The van der Waals surface area contributed by atoms with E-state index < -0.39 is 23.8 Å². The molecule has 0 spiro atoms. The highest BCUT2D eigenvalue weighted by Gasteiger charge is 2.34. The monoisotopic (exact) mass is 356 g/mol. The second-order valence-electron chi connectivity index (χ2n) is 5.28. The Labute approximate surface area is 143 Å². The standard InChI is InChI=1S/C17H16ClF3N2O/c1-11(12-7-3-5-9-14(12)18)23(2)16(24)22-15-10-6-4-8-13(15)17(19,20)21/h3-11H,1-2H3,(H,22,24). The van der Waals surface area contributed by atoms with Crippen molar-refractivity contribution in [2.45, 2.75) is 19.1 Å². The van der Waals surface area contributed by atoms with Gasteiger partial charge in [0, 0.05) is 12.1 Å². The largest absolute Gasteiger partial charge is 0.418 e. The Morgan fingerprint density at radius 1 is 1.12 bits per heavy atom. The molecule has 1 N–H and O–H groups in total. The van der Waals surface area contributed by atoms with Crippen LogP contribution in [0.3, 0.4) is 0 Å². The Balaban J connectivity index is 2.20. The molecule has 0 bridgehead atoms. The molecule has 0 aliphatic carbocycles. The molecule has 7 heteroatoms. The number of hydrogen-bond donors (Lipinski definition) is 1. The molecule has 128 valence electrons. The van der Waals surface area contributed by atoms with Gasteiger partial charge in [0.05, 0.1) is 17.3 Å². The van der Waals surface area contributed by atoms with Crippen molar-refractivity contribution < 1.29 is 18.0 Å². The number of amides is 2. The maximum Gasteiger partial charge on any atom is 0.418 e. The van der Waals surface area contributed by atoms with Crippen molar-refractivity contribution in [3.05, 3.63) is 64.7 Å². The maximum absolute atomic E-state index is 13.0. The molecular weight excluding hydrogens is 341 g/mol. The van der Waals surface area contributed by atoms with E-state index in [0.29, 0.717) is 10.6 Å². The normalized spacial score (nSPS) is 12.6. The predicted octanol–water partition coefficient (Wildman–Crippen LogP) is 5.58. The average molecular weight is 357 g/mol. The number of urea groups is 1. The minimum Gasteiger partial charge on any atom is -0.321 e. The van der Waals surface area contributed by atoms with Crippen LogP contribution in [0.25, 0.3) is 0 Å². The Hall–Kier alpha value is -2.21. The van der Waals surface area contributed by atoms with Crippen molar-refractivity contribution in [1.29, 1.82) is 0 Å². The van der Waals surface area contributed by atoms with Gasteiger partial charge < -0.3 is 10.2 Å². The molecule has 0 aliphatic rings. The van der Waals surface area contributed by atoms with Gasteiger partial charge in [-0.1, -0.05) is 41.9 Å². The number of anilines is 1. The van der Waals surface area contributed by atoms with Gasteiger partial charge in [0.15, 0.2) is 0 Å². The molecule has 0 aliphatic heterocycles. The van der Waals surface area contributed by atoms with Crippen molar-refractivity contribution in [3.8, 4) is 0 Å². The van der Waals surface area contributed by atoms with E-state index in [2.05, 4.69) is 5.32 Å². The zero-order valence-electron chi connectivity index (χ0n) is 13.1. The van der Waals surface area contributed by atoms with Gasteiger partial charge in [-0.3, -0.25) is 0 Å². The van der Waals surface area contributed by atoms with E-state index in [-0.39, 0.29) is 5.69 Å². The van der Waals surface area contributed by atoms with Gasteiger partial charge in [-0.05, 0) is 30.7 Å². The first-order valence-electron chi connectivity index (χ1n) is 7.16. The van der Waals surface area contributed by atoms with Gasteiger partial charge in [0.25, 0.3) is 0 Å². The first kappa shape index (κ1) is 18.1. The SMILES string of the molecule is CC(c1ccccc1Cl)N(C)C(=O)Nc1ccccc1C(F)(F)F. The van der Waals surface area contributed by atoms with E-state index in [1.807, 2.05) is 0 Å². The molecule has 2 rings (SSSR count). The van der Waals surface area contributed by atoms with Crippen LogP contribution in [-0.2, 0) is 6.18 Å². The molecule has 1 atom stereocenters. The van der Waals surface area contributed by atoms with E-state index in [0.717, 1.165) is 6.07 Å². The third-order valence-electron chi connectivity index (χ3n) is 3.73. The molecule has 0 fully saturated rings. The molecular formula is C17H16ClF3N2O. The second-order valence-corrected chi connectivity index (χ2v) is 5.69. The molecule has 0 heterocycles. The number of carbonyl (C=O) groups is 1. The summed E-state index contributed by atoms with van der Waals surface area (Å²) in [6.07, 6.45) is -4.54. The summed E-state index contributed by atoms with van der Waals surface area (Å²) in [7, 11) is 1.50. The Morgan fingerprint density at radius 2 is 1.71 bits per heavy atom. The van der Waals surface area contributed by atoms with Crippen LogP contribution >= 0.6 is 11.6 Å². The fraction of sp³-hybridized carbons (Fsp3) is 0.235. The van der Waals surface area contributed by atoms with Crippen molar-refractivity contribution in [3.63, 3.8) is 0 Å². The van der Waals surface area contributed by atoms with Crippen LogP contribution in [0.4, 0.5) is 23.7 Å². The quantitative estimate of drug-likeness (QED) is 0.764. The third-order valence-corrected chi connectivity index (χ3v) is 4.07. The molecule has 2 aromatic rings. The molecule has 3 nitrogen and oxygen atoms in total. The number of nitrogens with zero attached hydrogens (tertiary/aromatic N) is 1. The lowest BCUT2D eigenvalue weighted by molar-refractivity contribution is -0.136. The van der Waals surface area contributed by atoms with Crippen LogP contribution in [0.15, 0.2) is 48.5 Å². The number of rotatable bonds is 3. The maximum atomic E-state index is 13.0. The highest BCUT2D eigenvalue weighted by molar-refractivity contribution is 6.31. The third kappa shape index (κ3) is 4.00. The van der Waals surface area contributed by atoms with Crippen molar-refractivity contribution in [2.75, 3.05) is 12.4 Å². The predicted molar refractivity (Wildman–Crippen MR) is 88.1 cm³/mol. The van der Waals surface area contributed by atoms with Gasteiger partial charge in [-0.25, -0.2) is 4.79 Å². The molecule has 2 amide bonds. The fourth-order valence-electron chi connectivity index (χ4n) is 2.24. The summed E-state index contributed by atoms with van der Waals surface area (Å²) in [5, 5.41) is 2.80. The summed E-state index contributed by atoms with van der Waals surface area (Å²) in [5.74, 6) is 0. The van der Waals surface area contributed by atoms with E-state index in [9.17, 15) is 18.0 Å². The van der Waals surface area contributed by atoms with Crippen LogP contribution in [0.1, 0.15) is 24.1 Å². The van der Waals surface area contributed by atoms with Gasteiger partial charge in [-0.2, -0.15) is 13.2 Å². The summed E-state index contributed by atoms with van der Waals surface area (Å²) in [6.45, 7) is 1.75. The van der Waals surface area contributed by atoms with Crippen LogP contribution in [0, 0.1) is 0 Å². The molecule has 0 saturated heterocycles. The van der Waals surface area contributed by atoms with Crippen molar-refractivity contribution in [1.82, 2.24) is 4.90 Å². The van der Waals surface area contributed by atoms with Crippen molar-refractivity contribution >= 4 is 23.3 Å². The van der Waals surface area contributed by atoms with Crippen LogP contribution in [-0.4, -0.2) is 18.0 Å². The van der Waals surface area contributed by atoms with Crippen LogP contribution in [0.2, 0.25) is 5.02 Å². The summed E-state index contributed by atoms with van der Waals surface area (Å²) in [5.41, 5.74) is -0.466. The number of para-hydroxylation sites is 1. The fourth-order valence-corrected chi connectivity index (χ4v) is 2.53. The highest BCUT2D eigenvalue weighted by atomic mass is 35.5. The molecule has 24 heavy (non-hydrogen) atoms. The summed E-state index contributed by atoms with van der Waals surface area (Å²) in [6, 6.07) is 10.8. The van der Waals surface area contributed by atoms with E-state index in [1.165, 1.54) is 30.1 Å². The molecule has 0 radical (unpaired) electrons. The lowest BCUT2D eigenvalue weighted by atomic mass is 10.1. The number of benzene rings is 2. The summed E-state index contributed by atoms with van der Waals surface area (Å²) < 4.78 is 39.0. The van der Waals surface area contributed by atoms with Crippen LogP contribution < -0.4 is 5.32 Å². The molecule has 2 aromatic carbocycles. The van der Waals surface area contributed by atoms with Crippen molar-refractivity contribution in [2.24, 2.45) is 0 Å². The molecule has 0 saturated carbocycles. The Morgan fingerprint density at radius 3 is 2.33 bits per heavy atom. The number of alkyl halides is 3. The van der Waals surface area contributed by atoms with E-state index in [4.69, 9.17) is 11.6 Å². The van der Waals surface area contributed by atoms with Gasteiger partial charge >= 0.3 is 12.2 Å². The molecule has 1 unspecified atom stereocenters. The summed E-state index contributed by atoms with van der Waals surface area (Å²) >= 11 is 6.11. The smallest absolute Gasteiger partial charge is 0.321 e. The zero-order chi connectivity index (χ0) is 17.9. The first-order valence-corrected chi connectivity index (χ1v) is 7.54. The van der Waals surface area contributed by atoms with Gasteiger partial charge in [0.2, 0.25) is 0 Å². The second kappa shape index (κ2) is 7.13. The topological polar surface area (TPSA) is 32.3 Å². The number of carbonyl (C=O) groups excluding carboxylic acids is 1. The zero-order valence-corrected chi connectivity index (χ0v) is 13.8. The Bertz CT molecular complexity index is 734. The number of hydrogen-bond acceptors (Lipinski definition) is 1. The minimum absolute atomic E-state index is 0.284. The van der Waals surface area contributed by atoms with Gasteiger partial charge in [-0.15, -0.1) is 0 Å². The Kier molecular flexibility index (Phi) is 5.39. The van der Waals surface area contributed by atoms with E-state index >= 15 is 0 Å². The van der Waals surface area contributed by atoms with Crippen LogP contribution in [0.5, 0.6) is 0 Å². The van der Waals surface area contributed by atoms with Gasteiger partial charge in [0.1, 0.15) is 0 Å². The summed E-state index contributed by atoms with van der Waals surface area (Å²) in [4.78, 5) is 13.6. The lowest BCUT2D eigenvalue weighted by Crippen LogP contribution is -2.34. The molecule has 0 aromatic heterocycles. The number of halogens is 4. The number of nitrogens with one attached hydrogen (secondary N) is 1. The minimum atomic E-state index is -4.54. The lowest BCUT2D eigenvalue weighted by Gasteiger charge is -2.27.